The zero-order valence-electron chi connectivity index (χ0n) is 9.54. The van der Waals surface area contributed by atoms with Crippen LogP contribution in [0.4, 0.5) is 4.39 Å². The average Bonchev–Trinajstić information content (AvgIpc) is 2.16. The van der Waals surface area contributed by atoms with Gasteiger partial charge in [0.2, 0.25) is 0 Å². The average molecular weight is 219 g/mol. The van der Waals surface area contributed by atoms with Crippen molar-refractivity contribution in [3.8, 4) is 0 Å². The van der Waals surface area contributed by atoms with E-state index < -0.39 is 18.3 Å². The summed E-state index contributed by atoms with van der Waals surface area (Å²) in [5.74, 6) is 0.560. The van der Waals surface area contributed by atoms with Gasteiger partial charge in [0.15, 0.2) is 0 Å². The molecule has 0 heterocycles. The molecule has 0 spiro atoms. The SMILES string of the molecule is CC(N)=NCCCC[C@H](N)C(C)(F)CO. The highest BCUT2D eigenvalue weighted by atomic mass is 19.1. The monoisotopic (exact) mass is 219 g/mol. The Balaban J connectivity index is 3.64. The van der Waals surface area contributed by atoms with Crippen molar-refractivity contribution < 1.29 is 9.50 Å². The lowest BCUT2D eigenvalue weighted by molar-refractivity contribution is 0.0599. The second-order valence-electron chi connectivity index (χ2n) is 4.06. The zero-order chi connectivity index (χ0) is 11.9. The van der Waals surface area contributed by atoms with Crippen LogP contribution in [0.25, 0.3) is 0 Å². The van der Waals surface area contributed by atoms with Crippen molar-refractivity contribution in [2.24, 2.45) is 16.5 Å². The number of nitrogens with zero attached hydrogens (tertiary/aromatic N) is 1. The van der Waals surface area contributed by atoms with Gasteiger partial charge in [-0.3, -0.25) is 4.99 Å². The van der Waals surface area contributed by atoms with Gasteiger partial charge in [-0.15, -0.1) is 0 Å². The molecule has 0 aliphatic carbocycles. The lowest BCUT2D eigenvalue weighted by Gasteiger charge is -2.25. The molecule has 0 aromatic carbocycles. The Hall–Kier alpha value is -0.680. The van der Waals surface area contributed by atoms with E-state index in [2.05, 4.69) is 4.99 Å². The van der Waals surface area contributed by atoms with E-state index >= 15 is 0 Å². The van der Waals surface area contributed by atoms with Gasteiger partial charge in [-0.05, 0) is 33.1 Å². The van der Waals surface area contributed by atoms with Crippen LogP contribution < -0.4 is 11.5 Å². The Bertz CT molecular complexity index is 203. The molecule has 5 N–H and O–H groups in total. The number of amidine groups is 1. The number of alkyl halides is 1. The number of nitrogens with two attached hydrogens (primary N) is 2. The fourth-order valence-corrected chi connectivity index (χ4v) is 1.15. The molecular formula is C10H22FN3O. The number of aliphatic hydroxyl groups is 1. The second-order valence-corrected chi connectivity index (χ2v) is 4.06. The van der Waals surface area contributed by atoms with Crippen LogP contribution in [0.3, 0.4) is 0 Å². The first kappa shape index (κ1) is 14.3. The van der Waals surface area contributed by atoms with Crippen molar-refractivity contribution in [3.05, 3.63) is 0 Å². The minimum atomic E-state index is -1.69. The molecule has 0 fully saturated rings. The number of hydrogen-bond donors (Lipinski definition) is 3. The van der Waals surface area contributed by atoms with E-state index in [1.54, 1.807) is 6.92 Å². The van der Waals surface area contributed by atoms with Crippen molar-refractivity contribution in [2.45, 2.75) is 44.8 Å². The van der Waals surface area contributed by atoms with E-state index in [1.807, 2.05) is 0 Å². The van der Waals surface area contributed by atoms with Crippen LogP contribution in [-0.2, 0) is 0 Å². The molecule has 0 radical (unpaired) electrons. The highest BCUT2D eigenvalue weighted by Gasteiger charge is 2.29. The lowest BCUT2D eigenvalue weighted by atomic mass is 9.95. The van der Waals surface area contributed by atoms with Gasteiger partial charge in [0.05, 0.1) is 12.4 Å². The fraction of sp³-hybridized carbons (Fsp3) is 0.900. The summed E-state index contributed by atoms with van der Waals surface area (Å²) in [6.07, 6.45) is 2.17. The van der Waals surface area contributed by atoms with E-state index in [1.165, 1.54) is 6.92 Å². The maximum absolute atomic E-state index is 13.4. The van der Waals surface area contributed by atoms with Gasteiger partial charge in [-0.2, -0.15) is 0 Å². The van der Waals surface area contributed by atoms with Crippen LogP contribution >= 0.6 is 0 Å². The molecule has 0 aromatic rings. The number of hydrogen-bond acceptors (Lipinski definition) is 3. The smallest absolute Gasteiger partial charge is 0.146 e. The van der Waals surface area contributed by atoms with Crippen LogP contribution in [0.15, 0.2) is 4.99 Å². The molecule has 0 rings (SSSR count). The van der Waals surface area contributed by atoms with E-state index in [9.17, 15) is 4.39 Å². The quantitative estimate of drug-likeness (QED) is 0.333. The molecule has 0 saturated heterocycles. The summed E-state index contributed by atoms with van der Waals surface area (Å²) in [5.41, 5.74) is 9.28. The molecule has 0 bridgehead atoms. The van der Waals surface area contributed by atoms with Gasteiger partial charge in [-0.1, -0.05) is 0 Å². The zero-order valence-corrected chi connectivity index (χ0v) is 9.54. The minimum Gasteiger partial charge on any atom is -0.393 e. The summed E-state index contributed by atoms with van der Waals surface area (Å²) in [6.45, 7) is 3.17. The second kappa shape index (κ2) is 6.74. The third-order valence-corrected chi connectivity index (χ3v) is 2.37. The van der Waals surface area contributed by atoms with E-state index in [-0.39, 0.29) is 0 Å². The van der Waals surface area contributed by atoms with Gasteiger partial charge >= 0.3 is 0 Å². The maximum atomic E-state index is 13.4. The molecule has 1 unspecified atom stereocenters. The number of unbranched alkanes of at least 4 members (excludes halogenated alkanes) is 1. The molecule has 4 nitrogen and oxygen atoms in total. The molecule has 0 saturated carbocycles. The largest absolute Gasteiger partial charge is 0.393 e. The summed E-state index contributed by atoms with van der Waals surface area (Å²) in [4.78, 5) is 4.01. The standard InChI is InChI=1S/C10H22FN3O/c1-8(12)14-6-4-3-5-9(13)10(2,11)7-15/h9,15H,3-7,13H2,1-2H3,(H2,12,14)/t9-,10?/m0/s1. The Morgan fingerprint density at radius 1 is 1.53 bits per heavy atom. The molecule has 0 aliphatic rings. The van der Waals surface area contributed by atoms with Crippen molar-refractivity contribution >= 4 is 5.84 Å². The molecule has 0 aliphatic heterocycles. The Kier molecular flexibility index (Phi) is 6.43. The number of rotatable bonds is 7. The third-order valence-electron chi connectivity index (χ3n) is 2.37. The molecule has 0 amide bonds. The Morgan fingerprint density at radius 3 is 2.60 bits per heavy atom. The van der Waals surface area contributed by atoms with E-state index in [0.717, 1.165) is 12.8 Å². The third kappa shape index (κ3) is 6.41. The fourth-order valence-electron chi connectivity index (χ4n) is 1.15. The van der Waals surface area contributed by atoms with Crippen molar-refractivity contribution in [1.29, 1.82) is 0 Å². The first-order chi connectivity index (χ1) is 6.90. The van der Waals surface area contributed by atoms with Gasteiger partial charge in [-0.25, -0.2) is 4.39 Å². The summed E-state index contributed by atoms with van der Waals surface area (Å²) in [6, 6.07) is -0.620. The summed E-state index contributed by atoms with van der Waals surface area (Å²) < 4.78 is 13.4. The van der Waals surface area contributed by atoms with E-state index in [0.29, 0.717) is 18.8 Å². The summed E-state index contributed by atoms with van der Waals surface area (Å²) in [7, 11) is 0. The molecule has 15 heavy (non-hydrogen) atoms. The number of halogens is 1. The van der Waals surface area contributed by atoms with Crippen molar-refractivity contribution in [2.75, 3.05) is 13.2 Å². The number of aliphatic hydroxyl groups excluding tert-OH is 1. The van der Waals surface area contributed by atoms with Gasteiger partial charge in [0, 0.05) is 12.6 Å². The van der Waals surface area contributed by atoms with Crippen molar-refractivity contribution in [1.82, 2.24) is 0 Å². The topological polar surface area (TPSA) is 84.6 Å². The molecular weight excluding hydrogens is 197 g/mol. The highest BCUT2D eigenvalue weighted by Crippen LogP contribution is 2.17. The first-order valence-corrected chi connectivity index (χ1v) is 5.22. The highest BCUT2D eigenvalue weighted by molar-refractivity contribution is 5.77. The maximum Gasteiger partial charge on any atom is 0.146 e. The van der Waals surface area contributed by atoms with Crippen LogP contribution in [-0.4, -0.2) is 35.8 Å². The van der Waals surface area contributed by atoms with Crippen LogP contribution in [0.1, 0.15) is 33.1 Å². The normalized spacial score (nSPS) is 18.6. The van der Waals surface area contributed by atoms with Gasteiger partial charge < -0.3 is 16.6 Å². The Labute approximate surface area is 90.6 Å². The molecule has 90 valence electrons. The van der Waals surface area contributed by atoms with Crippen LogP contribution in [0, 0.1) is 0 Å². The molecule has 5 heteroatoms. The molecule has 2 atom stereocenters. The first-order valence-electron chi connectivity index (χ1n) is 5.22. The summed E-state index contributed by atoms with van der Waals surface area (Å²) in [5, 5.41) is 8.75. The van der Waals surface area contributed by atoms with Crippen LogP contribution in [0.5, 0.6) is 0 Å². The van der Waals surface area contributed by atoms with E-state index in [4.69, 9.17) is 16.6 Å². The van der Waals surface area contributed by atoms with Gasteiger partial charge in [0.25, 0.3) is 0 Å². The minimum absolute atomic E-state index is 0.534. The van der Waals surface area contributed by atoms with Crippen molar-refractivity contribution in [3.63, 3.8) is 0 Å². The predicted octanol–water partition coefficient (Wildman–Crippen LogP) is 0.582. The van der Waals surface area contributed by atoms with Gasteiger partial charge in [0.1, 0.15) is 5.67 Å². The Morgan fingerprint density at radius 2 is 2.13 bits per heavy atom. The van der Waals surface area contributed by atoms with Crippen LogP contribution in [0.2, 0.25) is 0 Å². The predicted molar refractivity (Wildman–Crippen MR) is 60.6 cm³/mol. The number of aliphatic imine (C=N–C) groups is 1. The summed E-state index contributed by atoms with van der Waals surface area (Å²) >= 11 is 0. The lowest BCUT2D eigenvalue weighted by Crippen LogP contribution is -2.44. The molecule has 0 aromatic heterocycles.